The monoisotopic (exact) mass is 277 g/mol. The maximum atomic E-state index is 12.3. The van der Waals surface area contributed by atoms with Gasteiger partial charge in [-0.1, -0.05) is 19.1 Å². The van der Waals surface area contributed by atoms with E-state index < -0.39 is 0 Å². The third-order valence-corrected chi connectivity index (χ3v) is 3.45. The summed E-state index contributed by atoms with van der Waals surface area (Å²) in [6.07, 6.45) is 2.26. The van der Waals surface area contributed by atoms with Crippen molar-refractivity contribution >= 4 is 11.7 Å². The number of nitrogens with one attached hydrogen (secondary N) is 1. The number of ether oxygens (including phenoxy) is 1. The molecule has 0 aromatic heterocycles. The molecule has 1 saturated heterocycles. The van der Waals surface area contributed by atoms with E-state index in [-0.39, 0.29) is 6.03 Å². The molecule has 5 heteroatoms. The first-order valence-corrected chi connectivity index (χ1v) is 7.18. The number of piperidine rings is 1. The van der Waals surface area contributed by atoms with Crippen LogP contribution in [-0.2, 0) is 0 Å². The third-order valence-electron chi connectivity index (χ3n) is 3.45. The Bertz CT molecular complexity index is 450. The number of amides is 2. The van der Waals surface area contributed by atoms with Crippen LogP contribution in [0.3, 0.4) is 0 Å². The normalized spacial score (nSPS) is 18.7. The molecule has 20 heavy (non-hydrogen) atoms. The molecule has 2 rings (SSSR count). The number of hydrogen-bond donors (Lipinski definition) is 2. The van der Waals surface area contributed by atoms with E-state index in [0.29, 0.717) is 30.5 Å². The topological polar surface area (TPSA) is 67.6 Å². The van der Waals surface area contributed by atoms with Gasteiger partial charge in [0.15, 0.2) is 0 Å². The largest absolute Gasteiger partial charge is 0.490 e. The minimum atomic E-state index is -0.0552. The minimum absolute atomic E-state index is 0.0552. The molecule has 1 heterocycles. The molecule has 1 aliphatic rings. The molecular weight excluding hydrogens is 254 g/mol. The fourth-order valence-electron chi connectivity index (χ4n) is 2.43. The lowest BCUT2D eigenvalue weighted by molar-refractivity contribution is 0.182. The second kappa shape index (κ2) is 7.14. The smallest absolute Gasteiger partial charge is 0.321 e. The zero-order valence-electron chi connectivity index (χ0n) is 12.0. The Kier molecular flexibility index (Phi) is 5.24. The number of hydrogen-bond acceptors (Lipinski definition) is 3. The highest BCUT2D eigenvalue weighted by Gasteiger charge is 2.21. The molecule has 1 aliphatic heterocycles. The minimum Gasteiger partial charge on any atom is -0.490 e. The van der Waals surface area contributed by atoms with Crippen LogP contribution in [-0.4, -0.2) is 37.2 Å². The van der Waals surface area contributed by atoms with Crippen molar-refractivity contribution in [3.05, 3.63) is 24.3 Å². The van der Waals surface area contributed by atoms with E-state index in [2.05, 4.69) is 12.2 Å². The average Bonchev–Trinajstić information content (AvgIpc) is 2.46. The number of carbonyl (C=O) groups excluding carboxylic acids is 1. The number of rotatable bonds is 4. The van der Waals surface area contributed by atoms with Crippen molar-refractivity contribution in [1.82, 2.24) is 4.90 Å². The standard InChI is InChI=1S/C15H23N3O2/c1-12-5-4-9-18(11-12)15(19)17-13-6-2-3-7-14(13)20-10-8-16/h2-3,6-7,12H,4-5,8-11,16H2,1H3,(H,17,19). The van der Waals surface area contributed by atoms with Crippen LogP contribution in [0.2, 0.25) is 0 Å². The maximum absolute atomic E-state index is 12.3. The zero-order valence-corrected chi connectivity index (χ0v) is 12.0. The van der Waals surface area contributed by atoms with Crippen LogP contribution < -0.4 is 15.8 Å². The van der Waals surface area contributed by atoms with Gasteiger partial charge in [-0.25, -0.2) is 4.79 Å². The predicted molar refractivity (Wildman–Crippen MR) is 80.0 cm³/mol. The van der Waals surface area contributed by atoms with E-state index in [1.54, 1.807) is 0 Å². The Hall–Kier alpha value is -1.75. The van der Waals surface area contributed by atoms with E-state index >= 15 is 0 Å². The van der Waals surface area contributed by atoms with Gasteiger partial charge in [0, 0.05) is 19.6 Å². The number of nitrogens with two attached hydrogens (primary N) is 1. The van der Waals surface area contributed by atoms with Gasteiger partial charge in [0.1, 0.15) is 12.4 Å². The highest BCUT2D eigenvalue weighted by Crippen LogP contribution is 2.24. The lowest BCUT2D eigenvalue weighted by Gasteiger charge is -2.31. The number of nitrogens with zero attached hydrogens (tertiary/aromatic N) is 1. The SMILES string of the molecule is CC1CCCN(C(=O)Nc2ccccc2OCCN)C1. The second-order valence-electron chi connectivity index (χ2n) is 5.26. The highest BCUT2D eigenvalue weighted by atomic mass is 16.5. The van der Waals surface area contributed by atoms with Crippen LogP contribution in [0, 0.1) is 5.92 Å². The van der Waals surface area contributed by atoms with Crippen LogP contribution in [0.15, 0.2) is 24.3 Å². The molecule has 0 spiro atoms. The van der Waals surface area contributed by atoms with E-state index in [1.165, 1.54) is 6.42 Å². The number of urea groups is 1. The van der Waals surface area contributed by atoms with Gasteiger partial charge in [0.25, 0.3) is 0 Å². The Labute approximate surface area is 120 Å². The van der Waals surface area contributed by atoms with Crippen LogP contribution in [0.25, 0.3) is 0 Å². The van der Waals surface area contributed by atoms with Gasteiger partial charge in [0.2, 0.25) is 0 Å². The summed E-state index contributed by atoms with van der Waals surface area (Å²) in [5, 5.41) is 2.93. The summed E-state index contributed by atoms with van der Waals surface area (Å²) in [5.41, 5.74) is 6.14. The summed E-state index contributed by atoms with van der Waals surface area (Å²) in [5.74, 6) is 1.23. The first kappa shape index (κ1) is 14.7. The lowest BCUT2D eigenvalue weighted by Crippen LogP contribution is -2.41. The first-order chi connectivity index (χ1) is 9.70. The average molecular weight is 277 g/mol. The van der Waals surface area contributed by atoms with Gasteiger partial charge in [-0.2, -0.15) is 0 Å². The fourth-order valence-corrected chi connectivity index (χ4v) is 2.43. The lowest BCUT2D eigenvalue weighted by atomic mass is 10.0. The van der Waals surface area contributed by atoms with Crippen molar-refractivity contribution in [1.29, 1.82) is 0 Å². The van der Waals surface area contributed by atoms with Gasteiger partial charge in [0.05, 0.1) is 5.69 Å². The quantitative estimate of drug-likeness (QED) is 0.887. The van der Waals surface area contributed by atoms with Crippen molar-refractivity contribution in [3.63, 3.8) is 0 Å². The van der Waals surface area contributed by atoms with E-state index in [1.807, 2.05) is 29.2 Å². The van der Waals surface area contributed by atoms with Gasteiger partial charge in [-0.05, 0) is 30.9 Å². The Balaban J connectivity index is 1.99. The van der Waals surface area contributed by atoms with Gasteiger partial charge < -0.3 is 20.7 Å². The number of likely N-dealkylation sites (tertiary alicyclic amines) is 1. The third kappa shape index (κ3) is 3.87. The van der Waals surface area contributed by atoms with Gasteiger partial charge in [-0.15, -0.1) is 0 Å². The van der Waals surface area contributed by atoms with Gasteiger partial charge >= 0.3 is 6.03 Å². The molecule has 1 aromatic rings. The number of para-hydroxylation sites is 2. The fraction of sp³-hybridized carbons (Fsp3) is 0.533. The summed E-state index contributed by atoms with van der Waals surface area (Å²) in [6.45, 7) is 4.71. The molecule has 3 N–H and O–H groups in total. The zero-order chi connectivity index (χ0) is 14.4. The van der Waals surface area contributed by atoms with Crippen LogP contribution in [0.1, 0.15) is 19.8 Å². The molecule has 0 bridgehead atoms. The molecule has 1 aromatic carbocycles. The van der Waals surface area contributed by atoms with E-state index in [0.717, 1.165) is 19.5 Å². The first-order valence-electron chi connectivity index (χ1n) is 7.18. The van der Waals surface area contributed by atoms with Crippen molar-refractivity contribution in [2.24, 2.45) is 11.7 Å². The second-order valence-corrected chi connectivity index (χ2v) is 5.26. The molecule has 110 valence electrons. The van der Waals surface area contributed by atoms with Crippen molar-refractivity contribution in [2.75, 3.05) is 31.6 Å². The molecule has 0 radical (unpaired) electrons. The number of anilines is 1. The van der Waals surface area contributed by atoms with Crippen molar-refractivity contribution in [3.8, 4) is 5.75 Å². The Morgan fingerprint density at radius 3 is 3.05 bits per heavy atom. The van der Waals surface area contributed by atoms with E-state index in [9.17, 15) is 4.79 Å². The summed E-state index contributed by atoms with van der Waals surface area (Å²) in [7, 11) is 0. The summed E-state index contributed by atoms with van der Waals surface area (Å²) in [4.78, 5) is 14.1. The Morgan fingerprint density at radius 2 is 2.30 bits per heavy atom. The predicted octanol–water partition coefficient (Wildman–Crippen LogP) is 2.29. The summed E-state index contributed by atoms with van der Waals surface area (Å²) in [6, 6.07) is 7.38. The molecular formula is C15H23N3O2. The van der Waals surface area contributed by atoms with Crippen molar-refractivity contribution < 1.29 is 9.53 Å². The molecule has 0 saturated carbocycles. The molecule has 0 aliphatic carbocycles. The maximum Gasteiger partial charge on any atom is 0.321 e. The van der Waals surface area contributed by atoms with Gasteiger partial charge in [-0.3, -0.25) is 0 Å². The summed E-state index contributed by atoms with van der Waals surface area (Å²) < 4.78 is 5.54. The van der Waals surface area contributed by atoms with Crippen LogP contribution >= 0.6 is 0 Å². The number of benzene rings is 1. The molecule has 1 atom stereocenters. The molecule has 2 amide bonds. The highest BCUT2D eigenvalue weighted by molar-refractivity contribution is 5.91. The van der Waals surface area contributed by atoms with Crippen LogP contribution in [0.4, 0.5) is 10.5 Å². The summed E-state index contributed by atoms with van der Waals surface area (Å²) >= 11 is 0. The van der Waals surface area contributed by atoms with E-state index in [4.69, 9.17) is 10.5 Å². The molecule has 1 fully saturated rings. The van der Waals surface area contributed by atoms with Crippen molar-refractivity contribution in [2.45, 2.75) is 19.8 Å². The molecule has 1 unspecified atom stereocenters. The number of carbonyl (C=O) groups is 1. The Morgan fingerprint density at radius 1 is 1.50 bits per heavy atom. The molecule has 5 nitrogen and oxygen atoms in total. The van der Waals surface area contributed by atoms with Crippen LogP contribution in [0.5, 0.6) is 5.75 Å².